The van der Waals surface area contributed by atoms with E-state index in [0.717, 1.165) is 14.2 Å². The molecule has 0 aromatic carbocycles. The van der Waals surface area contributed by atoms with E-state index in [1.807, 2.05) is 0 Å². The van der Waals surface area contributed by atoms with Crippen LogP contribution in [0.4, 0.5) is 13.2 Å². The molecule has 0 amide bonds. The van der Waals surface area contributed by atoms with Crippen LogP contribution in [0.3, 0.4) is 0 Å². The predicted octanol–water partition coefficient (Wildman–Crippen LogP) is -0.418. The number of alkyl halides is 3. The molecule has 6 nitrogen and oxygen atoms in total. The Balaban J connectivity index is 4.53. The van der Waals surface area contributed by atoms with Crippen molar-refractivity contribution in [1.29, 1.82) is 0 Å². The van der Waals surface area contributed by atoms with Gasteiger partial charge in [-0.15, -0.1) is 0 Å². The lowest BCUT2D eigenvalue weighted by atomic mass is 11.5. The lowest BCUT2D eigenvalue weighted by molar-refractivity contribution is -0.0456. The molecule has 0 heterocycles. The number of nitrogens with two attached hydrogens (primary N) is 1. The minimum atomic E-state index is -5.39. The summed E-state index contributed by atoms with van der Waals surface area (Å²) in [5.41, 5.74) is -5.39. The molecule has 0 aromatic rings. The van der Waals surface area contributed by atoms with Crippen LogP contribution in [0.5, 0.6) is 0 Å². The van der Waals surface area contributed by atoms with Gasteiger partial charge in [0.1, 0.15) is 0 Å². The number of hydrogen-bond acceptors (Lipinski definition) is 6. The van der Waals surface area contributed by atoms with Crippen molar-refractivity contribution >= 4 is 18.8 Å². The van der Waals surface area contributed by atoms with Crippen molar-refractivity contribution in [3.8, 4) is 0 Å². The van der Waals surface area contributed by atoms with Crippen LogP contribution in [0.1, 0.15) is 0 Å². The summed E-state index contributed by atoms with van der Waals surface area (Å²) in [6.45, 7) is 0. The summed E-state index contributed by atoms with van der Waals surface area (Å²) in [6, 6.07) is 0. The highest BCUT2D eigenvalue weighted by molar-refractivity contribution is 7.92. The maximum Gasteiger partial charge on any atom is 0.594 e. The third-order valence-corrected chi connectivity index (χ3v) is 4.36. The van der Waals surface area contributed by atoms with E-state index < -0.39 is 30.3 Å². The van der Waals surface area contributed by atoms with Gasteiger partial charge in [-0.2, -0.15) is 13.2 Å². The van der Waals surface area contributed by atoms with E-state index in [9.17, 15) is 21.6 Å². The molecule has 0 unspecified atom stereocenters. The molecule has 0 bridgehead atoms. The molecule has 0 atom stereocenters. The van der Waals surface area contributed by atoms with Crippen molar-refractivity contribution in [1.82, 2.24) is 0 Å². The van der Waals surface area contributed by atoms with Gasteiger partial charge in [0.25, 0.3) is 9.84 Å². The van der Waals surface area contributed by atoms with Crippen LogP contribution in [0, 0.1) is 0 Å². The quantitative estimate of drug-likeness (QED) is 0.682. The monoisotopic (exact) mass is 269 g/mol. The first-order valence-corrected chi connectivity index (χ1v) is 6.85. The largest absolute Gasteiger partial charge is 0.594 e. The van der Waals surface area contributed by atoms with E-state index >= 15 is 0 Å². The fraction of sp³-hybridized carbons (Fsp3) is 1.00. The van der Waals surface area contributed by atoms with Gasteiger partial charge in [0.05, 0.1) is 0 Å². The molecule has 0 saturated heterocycles. The highest BCUT2D eigenvalue weighted by Crippen LogP contribution is 2.24. The Labute approximate surface area is 85.5 Å². The van der Waals surface area contributed by atoms with E-state index in [0.29, 0.717) is 0 Å². The third kappa shape index (κ3) is 4.04. The van der Waals surface area contributed by atoms with Gasteiger partial charge in [-0.1, -0.05) is 0 Å². The van der Waals surface area contributed by atoms with Crippen LogP contribution < -0.4 is 5.40 Å². The van der Waals surface area contributed by atoms with E-state index in [1.54, 1.807) is 0 Å². The second kappa shape index (κ2) is 4.76. The Morgan fingerprint density at radius 3 is 1.93 bits per heavy atom. The van der Waals surface area contributed by atoms with Gasteiger partial charge in [0.2, 0.25) is 0 Å². The summed E-state index contributed by atoms with van der Waals surface area (Å²) in [5.74, 6) is -1.62. The first kappa shape index (κ1) is 14.8. The molecule has 0 fully saturated rings. The Morgan fingerprint density at radius 1 is 1.27 bits per heavy atom. The molecule has 0 aliphatic heterocycles. The van der Waals surface area contributed by atoms with Crippen molar-refractivity contribution < 1.29 is 34.9 Å². The first-order valence-electron chi connectivity index (χ1n) is 3.40. The smallest absolute Gasteiger partial charge is 0.365 e. The van der Waals surface area contributed by atoms with E-state index in [4.69, 9.17) is 5.40 Å². The molecule has 2 N–H and O–H groups in total. The molecule has 0 spiro atoms. The zero-order chi connectivity index (χ0) is 12.3. The normalized spacial score (nSPS) is 14.3. The van der Waals surface area contributed by atoms with Crippen LogP contribution in [0.2, 0.25) is 0 Å². The van der Waals surface area contributed by atoms with Gasteiger partial charge < -0.3 is 13.3 Å². The Morgan fingerprint density at radius 2 is 1.67 bits per heavy atom. The molecule has 0 aliphatic carbocycles. The lowest BCUT2D eigenvalue weighted by Gasteiger charge is -2.20. The van der Waals surface area contributed by atoms with Crippen molar-refractivity contribution in [3.63, 3.8) is 0 Å². The second-order valence-electron chi connectivity index (χ2n) is 2.33. The van der Waals surface area contributed by atoms with Gasteiger partial charge in [0.15, 0.2) is 5.94 Å². The Kier molecular flexibility index (Phi) is 4.69. The highest BCUT2D eigenvalue weighted by atomic mass is 32.2. The molecule has 92 valence electrons. The fourth-order valence-corrected chi connectivity index (χ4v) is 2.24. The van der Waals surface area contributed by atoms with Crippen LogP contribution in [0.25, 0.3) is 0 Å². The topological polar surface area (TPSA) is 87.8 Å². The molecule has 15 heavy (non-hydrogen) atoms. The Hall–Kier alpha value is -0.203. The molecule has 0 aromatic heterocycles. The fourth-order valence-electron chi connectivity index (χ4n) is 0.428. The number of sulfone groups is 1. The van der Waals surface area contributed by atoms with Crippen LogP contribution in [-0.4, -0.2) is 43.1 Å². The van der Waals surface area contributed by atoms with Gasteiger partial charge in [-0.3, -0.25) is 5.40 Å². The number of halogens is 3. The second-order valence-corrected chi connectivity index (χ2v) is 6.57. The summed E-state index contributed by atoms with van der Waals surface area (Å²) in [7, 11) is -7.07. The van der Waals surface area contributed by atoms with Crippen LogP contribution >= 0.6 is 0 Å². The average molecular weight is 269 g/mol. The summed E-state index contributed by atoms with van der Waals surface area (Å²) in [4.78, 5) is 0. The zero-order valence-corrected chi connectivity index (χ0v) is 9.68. The van der Waals surface area contributed by atoms with Crippen molar-refractivity contribution in [2.75, 3.05) is 20.2 Å². The first-order chi connectivity index (χ1) is 6.58. The van der Waals surface area contributed by atoms with E-state index in [-0.39, 0.29) is 0 Å². The predicted molar refractivity (Wildman–Crippen MR) is 44.9 cm³/mol. The SMILES string of the molecule is CO[Si](N)(OC)OCS(=O)(=O)C(F)(F)F. The minimum Gasteiger partial charge on any atom is -0.365 e. The number of hydrogen-bond donors (Lipinski definition) is 1. The van der Waals surface area contributed by atoms with Crippen LogP contribution in [0.15, 0.2) is 0 Å². The molecule has 0 aliphatic rings. The minimum absolute atomic E-state index is 1.04. The van der Waals surface area contributed by atoms with Gasteiger partial charge >= 0.3 is 14.5 Å². The maximum absolute atomic E-state index is 11.8. The van der Waals surface area contributed by atoms with Crippen molar-refractivity contribution in [2.24, 2.45) is 5.40 Å². The van der Waals surface area contributed by atoms with Crippen molar-refractivity contribution in [3.05, 3.63) is 0 Å². The van der Waals surface area contributed by atoms with E-state index in [1.165, 1.54) is 0 Å². The average Bonchev–Trinajstić information content (AvgIpc) is 2.13. The van der Waals surface area contributed by atoms with Crippen LogP contribution in [-0.2, 0) is 23.1 Å². The maximum atomic E-state index is 11.8. The standard InChI is InChI=1S/C4H10F3NO5SSi/c1-11-15(8,12-2)13-3-14(9,10)4(5,6)7/h3,8H2,1-2H3. The molecular weight excluding hydrogens is 259 g/mol. The van der Waals surface area contributed by atoms with Gasteiger partial charge in [0, 0.05) is 14.2 Å². The summed E-state index contributed by atoms with van der Waals surface area (Å²) in [5, 5.41) is 5.19. The molecule has 11 heteroatoms. The summed E-state index contributed by atoms with van der Waals surface area (Å²) < 4.78 is 69.8. The van der Waals surface area contributed by atoms with Crippen molar-refractivity contribution in [2.45, 2.75) is 5.51 Å². The lowest BCUT2D eigenvalue weighted by Crippen LogP contribution is -2.55. The molecular formula is C4H10F3NO5SSi. The third-order valence-electron chi connectivity index (χ3n) is 1.34. The summed E-state index contributed by atoms with van der Waals surface area (Å²) in [6.07, 6.45) is 0. The van der Waals surface area contributed by atoms with E-state index in [2.05, 4.69) is 13.3 Å². The van der Waals surface area contributed by atoms with Gasteiger partial charge in [-0.25, -0.2) is 8.42 Å². The number of rotatable bonds is 5. The molecule has 0 radical (unpaired) electrons. The Bertz CT molecular complexity index is 300. The van der Waals surface area contributed by atoms with Gasteiger partial charge in [-0.05, 0) is 0 Å². The summed E-state index contributed by atoms with van der Waals surface area (Å²) >= 11 is 0. The zero-order valence-electron chi connectivity index (χ0n) is 7.87. The molecule has 0 saturated carbocycles. The molecule has 0 rings (SSSR count). The highest BCUT2D eigenvalue weighted by Gasteiger charge is 2.48.